The number of hydrogen-bond acceptors (Lipinski definition) is 5. The molecule has 0 aliphatic rings. The Labute approximate surface area is 199 Å². The van der Waals surface area contributed by atoms with Crippen molar-refractivity contribution in [2.75, 3.05) is 13.2 Å². The molecule has 0 N–H and O–H groups in total. The summed E-state index contributed by atoms with van der Waals surface area (Å²) in [6, 6.07) is 8.55. The second-order valence-electron chi connectivity index (χ2n) is 6.50. The summed E-state index contributed by atoms with van der Waals surface area (Å²) >= 11 is 0. The Morgan fingerprint density at radius 3 is 1.42 bits per heavy atom. The molecule has 0 bridgehead atoms. The molecule has 0 saturated heterocycles. The van der Waals surface area contributed by atoms with Gasteiger partial charge in [-0.15, -0.1) is 18.1 Å². The van der Waals surface area contributed by atoms with E-state index in [0.29, 0.717) is 25.5 Å². The van der Waals surface area contributed by atoms with Gasteiger partial charge < -0.3 is 9.47 Å². The summed E-state index contributed by atoms with van der Waals surface area (Å²) in [5.41, 5.74) is 2.29. The first-order chi connectivity index (χ1) is 16.1. The van der Waals surface area contributed by atoms with Crippen molar-refractivity contribution in [3.8, 4) is 12.0 Å². The van der Waals surface area contributed by atoms with Crippen LogP contribution in [0, 0.1) is 0 Å². The number of ether oxygens (including phenoxy) is 2. The molecular weight excluding hydrogens is 410 g/mol. The van der Waals surface area contributed by atoms with Crippen LogP contribution in [0.15, 0.2) is 88.0 Å². The van der Waals surface area contributed by atoms with Crippen LogP contribution in [0.2, 0.25) is 0 Å². The highest BCUT2D eigenvalue weighted by Crippen LogP contribution is 2.11. The average Bonchev–Trinajstić information content (AvgIpc) is 2.86. The van der Waals surface area contributed by atoms with Gasteiger partial charge in [0.1, 0.15) is 19.0 Å². The van der Waals surface area contributed by atoms with E-state index < -0.39 is 0 Å². The van der Waals surface area contributed by atoms with E-state index in [1.165, 1.54) is 6.42 Å². The molecule has 176 valence electrons. The van der Waals surface area contributed by atoms with E-state index in [4.69, 9.17) is 9.47 Å². The molecule has 0 aliphatic carbocycles. The Hall–Kier alpha value is -3.73. The number of rotatable bonds is 13. The van der Waals surface area contributed by atoms with E-state index in [0.717, 1.165) is 24.0 Å². The van der Waals surface area contributed by atoms with E-state index >= 15 is 0 Å². The van der Waals surface area contributed by atoms with Crippen LogP contribution in [0.3, 0.4) is 0 Å². The standard InChI is InChI=1S/C13H17N3O2.C10H10.C5H10/c1-4-7-8-11-14-12(17-9-5-2)16-13(15-11)18-10-6-3;1-3-9-5-7-10(4-2)8-6-9;1-3-5-4-2/h4-6H,1-3,7-10H2;3-8H,1-2H2;3H,1,4-5H2,2H3. The van der Waals surface area contributed by atoms with Crippen molar-refractivity contribution in [2.45, 2.75) is 32.6 Å². The highest BCUT2D eigenvalue weighted by molar-refractivity contribution is 5.53. The lowest BCUT2D eigenvalue weighted by Crippen LogP contribution is -2.07. The van der Waals surface area contributed by atoms with Gasteiger partial charge in [0.2, 0.25) is 0 Å². The van der Waals surface area contributed by atoms with E-state index in [9.17, 15) is 0 Å². The first kappa shape index (κ1) is 29.3. The lowest BCUT2D eigenvalue weighted by molar-refractivity contribution is 0.295. The lowest BCUT2D eigenvalue weighted by atomic mass is 10.1. The second kappa shape index (κ2) is 20.2. The zero-order chi connectivity index (χ0) is 24.7. The predicted octanol–water partition coefficient (Wildman–Crippen LogP) is 7.06. The Bertz CT molecular complexity index is 757. The molecule has 0 aliphatic heterocycles. The molecule has 0 fully saturated rings. The first-order valence-electron chi connectivity index (χ1n) is 10.9. The molecule has 2 aromatic rings. The third-order valence-corrected chi connectivity index (χ3v) is 3.77. The van der Waals surface area contributed by atoms with Crippen LogP contribution in [-0.4, -0.2) is 28.2 Å². The molecule has 0 saturated carbocycles. The Balaban J connectivity index is 0.000000569. The smallest absolute Gasteiger partial charge is 0.323 e. The maximum atomic E-state index is 5.28. The second-order valence-corrected chi connectivity index (χ2v) is 6.50. The molecule has 2 rings (SSSR count). The van der Waals surface area contributed by atoms with Gasteiger partial charge in [-0.2, -0.15) is 9.97 Å². The van der Waals surface area contributed by atoms with Crippen LogP contribution in [0.25, 0.3) is 12.2 Å². The molecule has 0 spiro atoms. The summed E-state index contributed by atoms with van der Waals surface area (Å²) in [6.45, 7) is 24.5. The van der Waals surface area contributed by atoms with Crippen molar-refractivity contribution in [1.29, 1.82) is 0 Å². The number of hydrogen-bond donors (Lipinski definition) is 0. The zero-order valence-corrected chi connectivity index (χ0v) is 19.9. The van der Waals surface area contributed by atoms with Crippen molar-refractivity contribution in [3.63, 3.8) is 0 Å². The summed E-state index contributed by atoms with van der Waals surface area (Å²) in [5.74, 6) is 0.614. The molecule has 0 atom stereocenters. The summed E-state index contributed by atoms with van der Waals surface area (Å²) in [5, 5.41) is 0. The van der Waals surface area contributed by atoms with Gasteiger partial charge in [0, 0.05) is 6.42 Å². The van der Waals surface area contributed by atoms with Crippen molar-refractivity contribution >= 4 is 12.2 Å². The molecule has 0 amide bonds. The molecule has 5 nitrogen and oxygen atoms in total. The van der Waals surface area contributed by atoms with E-state index in [-0.39, 0.29) is 12.0 Å². The van der Waals surface area contributed by atoms with Crippen LogP contribution in [0.5, 0.6) is 12.0 Å². The number of nitrogens with zero attached hydrogens (tertiary/aromatic N) is 3. The predicted molar refractivity (Wildman–Crippen MR) is 141 cm³/mol. The summed E-state index contributed by atoms with van der Waals surface area (Å²) in [6.07, 6.45) is 14.5. The van der Waals surface area contributed by atoms with Gasteiger partial charge in [0.15, 0.2) is 0 Å². The van der Waals surface area contributed by atoms with Gasteiger partial charge in [-0.1, -0.05) is 100 Å². The minimum atomic E-state index is 0.239. The number of allylic oxidation sites excluding steroid dienone is 2. The summed E-state index contributed by atoms with van der Waals surface area (Å²) in [7, 11) is 0. The molecular formula is C28H37N3O2. The molecule has 0 radical (unpaired) electrons. The number of benzene rings is 1. The zero-order valence-electron chi connectivity index (χ0n) is 19.9. The van der Waals surface area contributed by atoms with E-state index in [2.05, 4.69) is 61.3 Å². The number of aryl methyl sites for hydroxylation is 1. The van der Waals surface area contributed by atoms with Crippen molar-refractivity contribution in [2.24, 2.45) is 0 Å². The fraction of sp³-hybridized carbons (Fsp3) is 0.250. The van der Waals surface area contributed by atoms with E-state index in [1.54, 1.807) is 18.2 Å². The Morgan fingerprint density at radius 2 is 1.12 bits per heavy atom. The van der Waals surface area contributed by atoms with Crippen molar-refractivity contribution < 1.29 is 9.47 Å². The molecule has 5 heteroatoms. The average molecular weight is 448 g/mol. The Morgan fingerprint density at radius 1 is 0.667 bits per heavy atom. The van der Waals surface area contributed by atoms with E-state index in [1.807, 2.05) is 42.5 Å². The highest BCUT2D eigenvalue weighted by atomic mass is 16.5. The van der Waals surface area contributed by atoms with Crippen LogP contribution in [0.4, 0.5) is 0 Å². The van der Waals surface area contributed by atoms with Crippen LogP contribution < -0.4 is 9.47 Å². The molecule has 33 heavy (non-hydrogen) atoms. The largest absolute Gasteiger partial charge is 0.459 e. The number of aromatic nitrogens is 3. The lowest BCUT2D eigenvalue weighted by Gasteiger charge is -2.06. The molecule has 1 aromatic heterocycles. The van der Waals surface area contributed by atoms with Crippen LogP contribution in [0.1, 0.15) is 43.1 Å². The van der Waals surface area contributed by atoms with Gasteiger partial charge in [0.05, 0.1) is 0 Å². The third-order valence-electron chi connectivity index (χ3n) is 3.77. The quantitative estimate of drug-likeness (QED) is 0.307. The maximum Gasteiger partial charge on any atom is 0.323 e. The monoisotopic (exact) mass is 447 g/mol. The van der Waals surface area contributed by atoms with Crippen molar-refractivity contribution in [3.05, 3.63) is 105 Å². The maximum absolute atomic E-state index is 5.28. The fourth-order valence-corrected chi connectivity index (χ4v) is 2.09. The van der Waals surface area contributed by atoms with Gasteiger partial charge in [-0.25, -0.2) is 0 Å². The molecule has 1 aromatic carbocycles. The fourth-order valence-electron chi connectivity index (χ4n) is 2.09. The SMILES string of the molecule is C=CCCC.C=CCCc1nc(OCC=C)nc(OCC=C)n1.C=Cc1ccc(C=C)cc1. The third kappa shape index (κ3) is 14.8. The molecule has 1 heterocycles. The summed E-state index contributed by atoms with van der Waals surface area (Å²) in [4.78, 5) is 12.4. The summed E-state index contributed by atoms with van der Waals surface area (Å²) < 4.78 is 10.6. The van der Waals surface area contributed by atoms with Gasteiger partial charge in [-0.3, -0.25) is 0 Å². The molecule has 0 unspecified atom stereocenters. The minimum absolute atomic E-state index is 0.239. The van der Waals surface area contributed by atoms with Crippen LogP contribution in [-0.2, 0) is 6.42 Å². The highest BCUT2D eigenvalue weighted by Gasteiger charge is 2.07. The normalized spacial score (nSPS) is 9.00. The first-order valence-corrected chi connectivity index (χ1v) is 10.9. The number of unbranched alkanes of at least 4 members (excludes halogenated alkanes) is 1. The van der Waals surface area contributed by atoms with Gasteiger partial charge in [-0.05, 0) is 24.0 Å². The topological polar surface area (TPSA) is 57.1 Å². The van der Waals surface area contributed by atoms with Crippen molar-refractivity contribution in [1.82, 2.24) is 15.0 Å². The van der Waals surface area contributed by atoms with Gasteiger partial charge >= 0.3 is 12.0 Å². The minimum Gasteiger partial charge on any atom is -0.459 e. The van der Waals surface area contributed by atoms with Gasteiger partial charge in [0.25, 0.3) is 0 Å². The Kier molecular flexibility index (Phi) is 17.9. The van der Waals surface area contributed by atoms with Crippen LogP contribution >= 0.6 is 0 Å².